The van der Waals surface area contributed by atoms with E-state index in [-0.39, 0.29) is 22.2 Å². The van der Waals surface area contributed by atoms with Gasteiger partial charge in [0.15, 0.2) is 10.8 Å². The highest BCUT2D eigenvalue weighted by molar-refractivity contribution is 8.03. The summed E-state index contributed by atoms with van der Waals surface area (Å²) >= 11 is 3.81. The molecule has 2 aliphatic heterocycles. The molecule has 13 heteroatoms. The first-order valence-corrected chi connectivity index (χ1v) is 11.2. The summed E-state index contributed by atoms with van der Waals surface area (Å²) in [7, 11) is 1.28. The van der Waals surface area contributed by atoms with Crippen LogP contribution in [0.4, 0.5) is 5.13 Å². The van der Waals surface area contributed by atoms with E-state index in [4.69, 9.17) is 10.6 Å². The Morgan fingerprint density at radius 2 is 2.28 bits per heavy atom. The van der Waals surface area contributed by atoms with Crippen molar-refractivity contribution >= 4 is 63.5 Å². The Labute approximate surface area is 178 Å². The van der Waals surface area contributed by atoms with Gasteiger partial charge in [0.2, 0.25) is 0 Å². The molecule has 0 bridgehead atoms. The van der Waals surface area contributed by atoms with Crippen molar-refractivity contribution < 1.29 is 24.3 Å². The number of anilines is 1. The zero-order valence-electron chi connectivity index (χ0n) is 15.4. The molecule has 0 unspecified atom stereocenters. The number of allylic oxidation sites excluding steroid dienone is 1. The summed E-state index contributed by atoms with van der Waals surface area (Å²) in [4.78, 5) is 47.6. The van der Waals surface area contributed by atoms with Gasteiger partial charge in [-0.05, 0) is 6.26 Å². The second-order valence-electron chi connectivity index (χ2n) is 5.81. The van der Waals surface area contributed by atoms with Crippen LogP contribution in [0.15, 0.2) is 33.3 Å². The molecule has 0 radical (unpaired) electrons. The molecule has 0 spiro atoms. The van der Waals surface area contributed by atoms with Gasteiger partial charge >= 0.3 is 5.97 Å². The van der Waals surface area contributed by atoms with Crippen LogP contribution in [0.2, 0.25) is 0 Å². The summed E-state index contributed by atoms with van der Waals surface area (Å²) in [6.07, 6.45) is 1.79. The van der Waals surface area contributed by atoms with Crippen molar-refractivity contribution in [3.8, 4) is 0 Å². The maximum atomic E-state index is 12.7. The van der Waals surface area contributed by atoms with Crippen molar-refractivity contribution in [2.75, 3.05) is 24.9 Å². The number of carbonyl (C=O) groups excluding carboxylic acids is 2. The largest absolute Gasteiger partial charge is 0.477 e. The van der Waals surface area contributed by atoms with Crippen molar-refractivity contribution in [1.82, 2.24) is 15.2 Å². The van der Waals surface area contributed by atoms with Gasteiger partial charge in [-0.2, -0.15) is 0 Å². The number of amides is 2. The molecule has 10 nitrogen and oxygen atoms in total. The number of aromatic nitrogens is 1. The lowest BCUT2D eigenvalue weighted by atomic mass is 10.0. The number of β-lactam (4-membered cyclic amide) rings is 1. The van der Waals surface area contributed by atoms with Crippen LogP contribution in [0, 0.1) is 0 Å². The number of rotatable bonds is 7. The molecule has 2 atom stereocenters. The van der Waals surface area contributed by atoms with Crippen LogP contribution in [0.1, 0.15) is 5.69 Å². The third-order valence-corrected chi connectivity index (χ3v) is 6.90. The standard InChI is InChI=1S/C16H17N5O5S3/c1-6(27-3)7-4-28-14-10(13(23)21(14)11(7)15(24)25)19-12(22)9(20-26-2)8-5-29-16(17)18-8/h5,10,14H,1,4H2,2-3H3,(H2,17,18)(H,19,22)(H,24,25)/b20-9-/t10-,14-/m1/s1. The first-order valence-electron chi connectivity index (χ1n) is 8.07. The number of thioether (sulfide) groups is 2. The van der Waals surface area contributed by atoms with E-state index in [0.717, 1.165) is 11.3 Å². The molecule has 0 aliphatic carbocycles. The summed E-state index contributed by atoms with van der Waals surface area (Å²) < 4.78 is 0. The minimum Gasteiger partial charge on any atom is -0.477 e. The predicted octanol–water partition coefficient (Wildman–Crippen LogP) is 0.691. The lowest BCUT2D eigenvalue weighted by Gasteiger charge is -2.49. The minimum absolute atomic E-state index is 0.0957. The highest BCUT2D eigenvalue weighted by Gasteiger charge is 2.54. The lowest BCUT2D eigenvalue weighted by molar-refractivity contribution is -0.150. The van der Waals surface area contributed by atoms with Gasteiger partial charge in [0, 0.05) is 21.6 Å². The van der Waals surface area contributed by atoms with Crippen molar-refractivity contribution in [3.63, 3.8) is 0 Å². The maximum Gasteiger partial charge on any atom is 0.353 e. The zero-order valence-corrected chi connectivity index (χ0v) is 17.8. The average molecular weight is 456 g/mol. The van der Waals surface area contributed by atoms with Crippen LogP contribution in [-0.4, -0.2) is 69.0 Å². The number of hydrogen-bond acceptors (Lipinski definition) is 10. The van der Waals surface area contributed by atoms with E-state index in [1.54, 1.807) is 11.6 Å². The summed E-state index contributed by atoms with van der Waals surface area (Å²) in [5.41, 5.74) is 6.10. The average Bonchev–Trinajstić information content (AvgIpc) is 3.13. The highest BCUT2D eigenvalue weighted by Crippen LogP contribution is 2.43. The highest BCUT2D eigenvalue weighted by atomic mass is 32.2. The molecule has 0 aromatic carbocycles. The molecule has 29 heavy (non-hydrogen) atoms. The summed E-state index contributed by atoms with van der Waals surface area (Å²) in [6, 6.07) is -0.899. The first-order chi connectivity index (χ1) is 13.8. The first kappa shape index (κ1) is 21.2. The van der Waals surface area contributed by atoms with E-state index < -0.39 is 29.2 Å². The van der Waals surface area contributed by atoms with Gasteiger partial charge in [-0.3, -0.25) is 14.5 Å². The zero-order chi connectivity index (χ0) is 21.3. The fourth-order valence-corrected chi connectivity index (χ4v) is 5.30. The summed E-state index contributed by atoms with van der Waals surface area (Å²) in [5, 5.41) is 17.1. The molecule has 1 saturated heterocycles. The SMILES string of the molecule is C=C(SC)C1=C(C(=O)O)N2C(=O)[C@@H](NC(=O)/C(=N\OC)c3csc(N)n3)[C@H]2SC1. The monoisotopic (exact) mass is 455 g/mol. The van der Waals surface area contributed by atoms with Crippen molar-refractivity contribution in [2.24, 2.45) is 5.16 Å². The second kappa shape index (κ2) is 8.47. The fourth-order valence-electron chi connectivity index (χ4n) is 2.86. The molecular formula is C16H17N5O5S3. The number of nitrogens with zero attached hydrogens (tertiary/aromatic N) is 3. The van der Waals surface area contributed by atoms with E-state index in [2.05, 4.69) is 22.0 Å². The van der Waals surface area contributed by atoms with Gasteiger partial charge < -0.3 is 21.0 Å². The van der Waals surface area contributed by atoms with Crippen molar-refractivity contribution in [3.05, 3.63) is 33.8 Å². The Kier molecular flexibility index (Phi) is 6.19. The number of carboxylic acids is 1. The predicted molar refractivity (Wildman–Crippen MR) is 112 cm³/mol. The third-order valence-electron chi connectivity index (χ3n) is 4.20. The van der Waals surface area contributed by atoms with Crippen LogP contribution >= 0.6 is 34.9 Å². The molecular weight excluding hydrogens is 438 g/mol. The lowest BCUT2D eigenvalue weighted by Crippen LogP contribution is -2.71. The van der Waals surface area contributed by atoms with Crippen LogP contribution in [-0.2, 0) is 19.2 Å². The van der Waals surface area contributed by atoms with E-state index in [1.165, 1.54) is 35.5 Å². The Hall–Kier alpha value is -2.51. The molecule has 2 aliphatic rings. The van der Waals surface area contributed by atoms with Gasteiger partial charge in [-0.1, -0.05) is 11.7 Å². The number of carboxylic acid groups (broad SMARTS) is 1. The maximum absolute atomic E-state index is 12.7. The number of oxime groups is 1. The second-order valence-corrected chi connectivity index (χ2v) is 8.71. The molecule has 3 heterocycles. The molecule has 1 aromatic heterocycles. The number of carbonyl (C=O) groups is 3. The Morgan fingerprint density at radius 1 is 1.55 bits per heavy atom. The smallest absolute Gasteiger partial charge is 0.353 e. The van der Waals surface area contributed by atoms with Gasteiger partial charge in [0.25, 0.3) is 11.8 Å². The van der Waals surface area contributed by atoms with Crippen LogP contribution < -0.4 is 11.1 Å². The van der Waals surface area contributed by atoms with E-state index in [9.17, 15) is 19.5 Å². The summed E-state index contributed by atoms with van der Waals surface area (Å²) in [5.74, 6) is -2.04. The molecule has 2 amide bonds. The van der Waals surface area contributed by atoms with Crippen LogP contribution in [0.3, 0.4) is 0 Å². The number of nitrogen functional groups attached to an aromatic ring is 1. The number of nitrogens with two attached hydrogens (primary N) is 1. The number of hydrogen-bond donors (Lipinski definition) is 3. The van der Waals surface area contributed by atoms with Crippen molar-refractivity contribution in [1.29, 1.82) is 0 Å². The molecule has 3 rings (SSSR count). The number of nitrogens with one attached hydrogen (secondary N) is 1. The number of fused-ring (bicyclic) bond motifs is 1. The molecule has 154 valence electrons. The number of aliphatic carboxylic acids is 1. The van der Waals surface area contributed by atoms with Crippen LogP contribution in [0.25, 0.3) is 0 Å². The third kappa shape index (κ3) is 3.84. The molecule has 4 N–H and O–H groups in total. The van der Waals surface area contributed by atoms with Gasteiger partial charge in [-0.15, -0.1) is 34.9 Å². The molecule has 1 aromatic rings. The topological polar surface area (TPSA) is 147 Å². The number of thiazole rings is 1. The van der Waals surface area contributed by atoms with E-state index >= 15 is 0 Å². The van der Waals surface area contributed by atoms with E-state index in [1.807, 2.05) is 0 Å². The Balaban J connectivity index is 1.82. The Morgan fingerprint density at radius 3 is 2.83 bits per heavy atom. The molecule has 1 fully saturated rings. The normalized spacial score (nSPS) is 21.4. The Bertz CT molecular complexity index is 956. The van der Waals surface area contributed by atoms with Crippen molar-refractivity contribution in [2.45, 2.75) is 11.4 Å². The summed E-state index contributed by atoms with van der Waals surface area (Å²) in [6.45, 7) is 3.86. The fraction of sp³-hybridized carbons (Fsp3) is 0.312. The van der Waals surface area contributed by atoms with Crippen LogP contribution in [0.5, 0.6) is 0 Å². The van der Waals surface area contributed by atoms with Gasteiger partial charge in [0.05, 0.1) is 0 Å². The van der Waals surface area contributed by atoms with Gasteiger partial charge in [0.1, 0.15) is 29.9 Å². The van der Waals surface area contributed by atoms with Gasteiger partial charge in [-0.25, -0.2) is 9.78 Å². The minimum atomic E-state index is -1.21. The van der Waals surface area contributed by atoms with E-state index in [0.29, 0.717) is 16.2 Å². The quantitative estimate of drug-likeness (QED) is 0.307. The molecule has 0 saturated carbocycles.